The van der Waals surface area contributed by atoms with Crippen LogP contribution in [0.25, 0.3) is 67.5 Å². The Kier molecular flexibility index (Phi) is 22.2. The Labute approximate surface area is 716 Å². The number of hydrogen-bond donors (Lipinski definition) is 0. The number of benzene rings is 6. The van der Waals surface area contributed by atoms with Crippen LogP contribution in [0.3, 0.4) is 0 Å². The third-order valence-corrected chi connectivity index (χ3v) is 30.5. The van der Waals surface area contributed by atoms with Gasteiger partial charge in [-0.2, -0.15) is 27.4 Å². The van der Waals surface area contributed by atoms with Crippen molar-refractivity contribution >= 4 is 17.1 Å². The highest BCUT2D eigenvalue weighted by atomic mass is 15.2. The predicted molar refractivity (Wildman–Crippen MR) is 491 cm³/mol. The Balaban J connectivity index is 0.0000000953. The summed E-state index contributed by atoms with van der Waals surface area (Å²) < 4.78 is 14.7. The molecule has 0 N–H and O–H groups in total. The lowest BCUT2D eigenvalue weighted by molar-refractivity contribution is -0.669. The highest BCUT2D eigenvalue weighted by Crippen LogP contribution is 2.48. The molecule has 0 fully saturated rings. The van der Waals surface area contributed by atoms with Crippen molar-refractivity contribution in [3.8, 4) is 67.5 Å². The Morgan fingerprint density at radius 1 is 0.217 bits per heavy atom. The quantitative estimate of drug-likeness (QED) is 0.156. The molecule has 12 aliphatic rings. The van der Waals surface area contributed by atoms with Crippen LogP contribution < -0.4 is 42.1 Å². The second-order valence-electron chi connectivity index (χ2n) is 37.4. The number of nitrogens with zero attached hydrogens (tertiary/aromatic N) is 9. The first-order valence-corrected chi connectivity index (χ1v) is 46.4. The molecule has 612 valence electrons. The van der Waals surface area contributed by atoms with Crippen LogP contribution in [0, 0.1) is 41.5 Å². The molecular formula is C111H129N9+6. The van der Waals surface area contributed by atoms with E-state index in [0.29, 0.717) is 0 Å². The van der Waals surface area contributed by atoms with Gasteiger partial charge in [-0.1, -0.05) is 109 Å². The third kappa shape index (κ3) is 14.6. The molecule has 9 heteroatoms. The fourth-order valence-corrected chi connectivity index (χ4v) is 24.3. The van der Waals surface area contributed by atoms with Crippen LogP contribution >= 0.6 is 0 Å². The van der Waals surface area contributed by atoms with E-state index in [1.165, 1.54) is 323 Å². The molecule has 3 atom stereocenters. The summed E-state index contributed by atoms with van der Waals surface area (Å²) in [5.74, 6) is 2.56. The molecule has 0 saturated carbocycles. The van der Waals surface area contributed by atoms with Gasteiger partial charge in [0.15, 0.2) is 17.1 Å². The molecule has 6 aromatic carbocycles. The molecule has 12 aromatic rings. The van der Waals surface area contributed by atoms with Gasteiger partial charge >= 0.3 is 0 Å². The van der Waals surface area contributed by atoms with Crippen molar-refractivity contribution in [2.75, 3.05) is 54.0 Å². The molecule has 0 amide bonds. The fourth-order valence-electron chi connectivity index (χ4n) is 24.3. The molecule has 6 aliphatic carbocycles. The maximum atomic E-state index is 2.61. The monoisotopic (exact) mass is 1590 g/mol. The largest absolute Gasteiger partial charge is 0.366 e. The predicted octanol–water partition coefficient (Wildman–Crippen LogP) is 19.9. The second-order valence-corrected chi connectivity index (χ2v) is 37.4. The van der Waals surface area contributed by atoms with E-state index >= 15 is 0 Å². The maximum Gasteiger partial charge on any atom is 0.213 e. The number of aryl methyl sites for hydroxylation is 11. The van der Waals surface area contributed by atoms with E-state index in [4.69, 9.17) is 0 Å². The molecule has 3 unspecified atom stereocenters. The summed E-state index contributed by atoms with van der Waals surface area (Å²) in [6.07, 6.45) is 31.2. The van der Waals surface area contributed by atoms with Gasteiger partial charge in [0.2, 0.25) is 51.2 Å². The first kappa shape index (κ1) is 79.4. The Hall–Kier alpha value is -10.4. The van der Waals surface area contributed by atoms with E-state index in [2.05, 4.69) is 308 Å². The summed E-state index contributed by atoms with van der Waals surface area (Å²) in [5, 5.41) is 0. The third-order valence-electron chi connectivity index (χ3n) is 30.5. The molecule has 0 bridgehead atoms. The van der Waals surface area contributed by atoms with Crippen molar-refractivity contribution in [2.24, 2.45) is 42.3 Å². The van der Waals surface area contributed by atoms with Crippen LogP contribution in [0.2, 0.25) is 0 Å². The van der Waals surface area contributed by atoms with Crippen molar-refractivity contribution in [2.45, 2.75) is 213 Å². The van der Waals surface area contributed by atoms with Gasteiger partial charge in [-0.05, 0) is 278 Å². The zero-order chi connectivity index (χ0) is 82.1. The minimum atomic E-state index is 0.842. The summed E-state index contributed by atoms with van der Waals surface area (Å²) in [4.78, 5) is 7.74. The van der Waals surface area contributed by atoms with Crippen LogP contribution in [0.1, 0.15) is 212 Å². The van der Waals surface area contributed by atoms with Crippen LogP contribution in [-0.4, -0.2) is 39.3 Å². The summed E-state index contributed by atoms with van der Waals surface area (Å²) in [6.45, 7) is 20.6. The molecule has 0 saturated heterocycles. The molecular weight excluding hydrogens is 1460 g/mol. The summed E-state index contributed by atoms with van der Waals surface area (Å²) in [6, 6.07) is 67.2. The average Bonchev–Trinajstić information content (AvgIpc) is 1.61. The highest BCUT2D eigenvalue weighted by Gasteiger charge is 2.42. The number of anilines is 3. The normalized spacial score (nSPS) is 18.2. The molecule has 6 aromatic heterocycles. The first-order valence-electron chi connectivity index (χ1n) is 46.4. The minimum absolute atomic E-state index is 0.842. The van der Waals surface area contributed by atoms with Crippen LogP contribution in [0.5, 0.6) is 0 Å². The van der Waals surface area contributed by atoms with Gasteiger partial charge in [0.1, 0.15) is 59.3 Å². The lowest BCUT2D eigenvalue weighted by atomic mass is 9.75. The van der Waals surface area contributed by atoms with Crippen molar-refractivity contribution in [3.63, 3.8) is 0 Å². The van der Waals surface area contributed by atoms with E-state index in [-0.39, 0.29) is 0 Å². The van der Waals surface area contributed by atoms with Crippen molar-refractivity contribution < 1.29 is 27.4 Å². The van der Waals surface area contributed by atoms with Crippen LogP contribution in [0.4, 0.5) is 17.1 Å². The van der Waals surface area contributed by atoms with Gasteiger partial charge in [0.05, 0.1) is 12.8 Å². The lowest BCUT2D eigenvalue weighted by Gasteiger charge is -2.35. The second kappa shape index (κ2) is 33.6. The SMILES string of the molecule is Cc1ccccc1-c1cc2c3c([n+]1C)CCC3CC2.Cc1ccccc1-c1cc2c3c([n+]1C)CCC3CCC2.Cc1ccccc1-c1cc2c3c([n+]1C)CCCC3CCC2.Cc1ccccc1-c1cc2c3c([n+]1C)CCCN3CCC2.Cc1ccccc1-c1cc2c3c([n+]1C)CCN3CC2.Cc1ccccc1-c1cc2c3c([n+]1C)CCN3CCC2. The average molecular weight is 1590 g/mol. The molecule has 0 spiro atoms. The van der Waals surface area contributed by atoms with Gasteiger partial charge in [-0.25, -0.2) is 0 Å². The van der Waals surface area contributed by atoms with Crippen LogP contribution in [0.15, 0.2) is 182 Å². The maximum absolute atomic E-state index is 2.61. The summed E-state index contributed by atoms with van der Waals surface area (Å²) in [5.41, 5.74) is 53.5. The van der Waals surface area contributed by atoms with Gasteiger partial charge in [-0.3, -0.25) is 0 Å². The molecule has 120 heavy (non-hydrogen) atoms. The van der Waals surface area contributed by atoms with Gasteiger partial charge < -0.3 is 14.7 Å². The number of aromatic nitrogens is 6. The molecule has 9 nitrogen and oxygen atoms in total. The van der Waals surface area contributed by atoms with Crippen LogP contribution in [-0.2, 0) is 119 Å². The lowest BCUT2D eigenvalue weighted by Crippen LogP contribution is -2.45. The zero-order valence-electron chi connectivity index (χ0n) is 74.3. The Morgan fingerprint density at radius 2 is 0.450 bits per heavy atom. The number of hydrogen-bond acceptors (Lipinski definition) is 3. The van der Waals surface area contributed by atoms with Crippen molar-refractivity contribution in [1.82, 2.24) is 0 Å². The Bertz CT molecular complexity index is 5630. The van der Waals surface area contributed by atoms with Crippen molar-refractivity contribution in [1.29, 1.82) is 0 Å². The van der Waals surface area contributed by atoms with Crippen molar-refractivity contribution in [3.05, 3.63) is 300 Å². The number of rotatable bonds is 6. The minimum Gasteiger partial charge on any atom is -0.366 e. The van der Waals surface area contributed by atoms with E-state index in [0.717, 1.165) is 17.8 Å². The topological polar surface area (TPSA) is 33.0 Å². The smallest absolute Gasteiger partial charge is 0.213 e. The zero-order valence-corrected chi connectivity index (χ0v) is 74.3. The van der Waals surface area contributed by atoms with E-state index < -0.39 is 0 Å². The van der Waals surface area contributed by atoms with Gasteiger partial charge in [0.25, 0.3) is 0 Å². The van der Waals surface area contributed by atoms with E-state index in [1.807, 2.05) is 0 Å². The Morgan fingerprint density at radius 3 is 0.817 bits per heavy atom. The molecule has 24 rings (SSSR count). The summed E-state index contributed by atoms with van der Waals surface area (Å²) in [7, 11) is 13.5. The number of pyridine rings is 6. The molecule has 6 aliphatic heterocycles. The summed E-state index contributed by atoms with van der Waals surface area (Å²) >= 11 is 0. The van der Waals surface area contributed by atoms with Gasteiger partial charge in [0, 0.05) is 151 Å². The standard InChI is InChI=1S/C20H24N.C19H23N2.C19H22N.C18H21N2.C18H20N.C17H19N2/c1-14-7-3-4-11-17(14)19-13-16-10-5-8-15-9-6-12-18(20(15)16)21(19)2;1-14-7-3-4-9-16(14)18-13-15-8-5-11-21-12-6-10-17(19(15)21)20(18)2;1-13-6-3-4-9-16(13)18-12-15-8-5-7-14-10-11-17(19(14)15)20(18)2;1-13-6-3-4-8-15(13)17-12-14-7-5-10-20-11-9-16(18(14)20)19(17)2;1-12-5-3-4-6-15(12)17-11-14-8-7-13-9-10-16(18(13)14)19(17)2;1-12-5-3-4-6-14(12)16-11-13-7-9-19-10-8-15(17(13)19)18(16)2/h3-4,7,11,13,15H,5-6,8-10,12H2,1-2H3;3-4,7,9,13H,5-6,8,10-12H2,1-2H3;3-4,6,9,12,14H,5,7-8,10-11H2,1-2H3;3-4,6,8,12H,5,7,9-11H2,1-2H3;3-6,11,13H,7-10H2,1-2H3;3-6,11H,7-10H2,1-2H3/q6*+1. The highest BCUT2D eigenvalue weighted by molar-refractivity contribution is 5.73. The molecule has 0 radical (unpaired) electrons. The first-order chi connectivity index (χ1) is 58.5. The van der Waals surface area contributed by atoms with E-state index in [1.54, 1.807) is 72.8 Å². The fraction of sp³-hybridized carbons (Fsp3) is 0.405. The van der Waals surface area contributed by atoms with E-state index in [9.17, 15) is 0 Å². The molecule has 12 heterocycles. The van der Waals surface area contributed by atoms with Gasteiger partial charge in [-0.15, -0.1) is 0 Å².